The van der Waals surface area contributed by atoms with Gasteiger partial charge in [-0.15, -0.1) is 0 Å². The van der Waals surface area contributed by atoms with E-state index in [0.717, 1.165) is 35.0 Å². The molecule has 0 radical (unpaired) electrons. The summed E-state index contributed by atoms with van der Waals surface area (Å²) in [5.41, 5.74) is 6.45. The number of benzene rings is 1. The number of rotatable bonds is 4. The number of fused-ring (bicyclic) bond motifs is 2. The van der Waals surface area contributed by atoms with Crippen LogP contribution in [-0.4, -0.2) is 15.0 Å². The lowest BCUT2D eigenvalue weighted by Crippen LogP contribution is -1.94. The number of hydrogen-bond donors (Lipinski definition) is 1. The van der Waals surface area contributed by atoms with Gasteiger partial charge in [0.05, 0.1) is 11.0 Å². The molecule has 0 amide bonds. The smallest absolute Gasteiger partial charge is 0.157 e. The number of aromatic nitrogens is 3. The first kappa shape index (κ1) is 13.8. The molecule has 1 atom stereocenters. The molecule has 0 aliphatic rings. The van der Waals surface area contributed by atoms with E-state index in [1.54, 1.807) is 0 Å². The summed E-state index contributed by atoms with van der Waals surface area (Å²) in [5.74, 6) is 0.477. The molecule has 1 unspecified atom stereocenters. The molecule has 0 saturated heterocycles. The minimum absolute atomic E-state index is 0.477. The van der Waals surface area contributed by atoms with Crippen LogP contribution in [0.25, 0.3) is 22.2 Å². The molecule has 3 heteroatoms. The van der Waals surface area contributed by atoms with E-state index in [2.05, 4.69) is 43.0 Å². The summed E-state index contributed by atoms with van der Waals surface area (Å²) in [4.78, 5) is 12.7. The maximum atomic E-state index is 4.79. The van der Waals surface area contributed by atoms with E-state index >= 15 is 0 Å². The first-order valence-corrected chi connectivity index (χ1v) is 7.52. The molecule has 3 aromatic rings. The first-order valence-electron chi connectivity index (χ1n) is 7.52. The molecule has 0 spiro atoms. The molecule has 21 heavy (non-hydrogen) atoms. The molecule has 3 nitrogen and oxygen atoms in total. The Morgan fingerprint density at radius 1 is 1.19 bits per heavy atom. The number of allylic oxidation sites excluding steroid dienone is 2. The monoisotopic (exact) mass is 279 g/mol. The van der Waals surface area contributed by atoms with Crippen LogP contribution in [0.4, 0.5) is 0 Å². The van der Waals surface area contributed by atoms with E-state index in [9.17, 15) is 0 Å². The van der Waals surface area contributed by atoms with Gasteiger partial charge >= 0.3 is 0 Å². The van der Waals surface area contributed by atoms with Crippen molar-refractivity contribution in [3.05, 3.63) is 47.7 Å². The van der Waals surface area contributed by atoms with E-state index in [-0.39, 0.29) is 0 Å². The summed E-state index contributed by atoms with van der Waals surface area (Å²) in [6.45, 7) is 6.56. The van der Waals surface area contributed by atoms with Gasteiger partial charge < -0.3 is 4.98 Å². The van der Waals surface area contributed by atoms with E-state index in [1.807, 2.05) is 24.3 Å². The standard InChI is InChI=1S/C18H21N3/c1-12(2)7-6-8-13(3)14-11-19-18-17(14)20-15-9-4-5-10-16(15)21-18/h4-5,7,9-11,13H,6,8H2,1-3H3,(H,19,21). The van der Waals surface area contributed by atoms with Gasteiger partial charge in [0, 0.05) is 11.8 Å². The number of hydrogen-bond acceptors (Lipinski definition) is 2. The van der Waals surface area contributed by atoms with Crippen LogP contribution in [0, 0.1) is 0 Å². The Balaban J connectivity index is 1.95. The molecule has 0 aliphatic carbocycles. The van der Waals surface area contributed by atoms with Crippen LogP contribution in [-0.2, 0) is 0 Å². The molecule has 0 bridgehead atoms. The Labute approximate surface area is 125 Å². The SMILES string of the molecule is CC(C)=CCCC(C)c1c[nH]c2nc3ccccc3nc12. The highest BCUT2D eigenvalue weighted by Gasteiger charge is 2.13. The van der Waals surface area contributed by atoms with Crippen molar-refractivity contribution in [3.63, 3.8) is 0 Å². The maximum absolute atomic E-state index is 4.79. The highest BCUT2D eigenvalue weighted by molar-refractivity contribution is 5.86. The molecule has 108 valence electrons. The van der Waals surface area contributed by atoms with Gasteiger partial charge in [0.15, 0.2) is 5.65 Å². The average molecular weight is 279 g/mol. The minimum atomic E-state index is 0.477. The number of nitrogens with zero attached hydrogens (tertiary/aromatic N) is 2. The highest BCUT2D eigenvalue weighted by atomic mass is 14.9. The summed E-state index contributed by atoms with van der Waals surface area (Å²) in [6.07, 6.45) is 6.60. The molecular formula is C18H21N3. The van der Waals surface area contributed by atoms with Gasteiger partial charge in [-0.05, 0) is 44.7 Å². The van der Waals surface area contributed by atoms with Crippen molar-refractivity contribution >= 4 is 22.2 Å². The fourth-order valence-electron chi connectivity index (χ4n) is 2.67. The topological polar surface area (TPSA) is 41.6 Å². The van der Waals surface area contributed by atoms with Crippen molar-refractivity contribution in [2.45, 2.75) is 39.5 Å². The fourth-order valence-corrected chi connectivity index (χ4v) is 2.67. The van der Waals surface area contributed by atoms with Gasteiger partial charge in [0.2, 0.25) is 0 Å². The second-order valence-electron chi connectivity index (χ2n) is 5.91. The quantitative estimate of drug-likeness (QED) is 0.686. The summed E-state index contributed by atoms with van der Waals surface area (Å²) in [7, 11) is 0. The van der Waals surface area contributed by atoms with Crippen LogP contribution in [0.5, 0.6) is 0 Å². The van der Waals surface area contributed by atoms with Crippen molar-refractivity contribution in [2.75, 3.05) is 0 Å². The van der Waals surface area contributed by atoms with Gasteiger partial charge in [0.1, 0.15) is 5.52 Å². The second kappa shape index (κ2) is 5.68. The molecule has 0 aliphatic heterocycles. The molecule has 1 N–H and O–H groups in total. The van der Waals surface area contributed by atoms with Crippen molar-refractivity contribution in [1.82, 2.24) is 15.0 Å². The zero-order valence-electron chi connectivity index (χ0n) is 12.9. The zero-order valence-corrected chi connectivity index (χ0v) is 12.9. The lowest BCUT2D eigenvalue weighted by Gasteiger charge is -2.08. The molecule has 1 aromatic carbocycles. The first-order chi connectivity index (χ1) is 10.1. The van der Waals surface area contributed by atoms with Crippen LogP contribution in [0.2, 0.25) is 0 Å². The Morgan fingerprint density at radius 3 is 2.62 bits per heavy atom. The third-order valence-corrected chi connectivity index (χ3v) is 3.89. The molecule has 0 fully saturated rings. The van der Waals surface area contributed by atoms with Crippen molar-refractivity contribution in [2.24, 2.45) is 0 Å². The number of H-pyrrole nitrogens is 1. The lowest BCUT2D eigenvalue weighted by molar-refractivity contribution is 0.692. The van der Waals surface area contributed by atoms with Gasteiger partial charge in [-0.25, -0.2) is 9.97 Å². The average Bonchev–Trinajstić information content (AvgIpc) is 2.87. The van der Waals surface area contributed by atoms with E-state index in [1.165, 1.54) is 11.1 Å². The minimum Gasteiger partial charge on any atom is -0.344 e. The predicted molar refractivity (Wildman–Crippen MR) is 88.5 cm³/mol. The van der Waals surface area contributed by atoms with Gasteiger partial charge in [0.25, 0.3) is 0 Å². The third kappa shape index (κ3) is 2.82. The van der Waals surface area contributed by atoms with E-state index < -0.39 is 0 Å². The zero-order chi connectivity index (χ0) is 14.8. The van der Waals surface area contributed by atoms with Gasteiger partial charge in [-0.2, -0.15) is 0 Å². The van der Waals surface area contributed by atoms with Crippen LogP contribution < -0.4 is 0 Å². The van der Waals surface area contributed by atoms with Crippen LogP contribution in [0.15, 0.2) is 42.1 Å². The van der Waals surface area contributed by atoms with E-state index in [0.29, 0.717) is 5.92 Å². The molecule has 0 saturated carbocycles. The van der Waals surface area contributed by atoms with Gasteiger partial charge in [-0.1, -0.05) is 30.7 Å². The highest BCUT2D eigenvalue weighted by Crippen LogP contribution is 2.28. The van der Waals surface area contributed by atoms with E-state index in [4.69, 9.17) is 4.98 Å². The second-order valence-corrected chi connectivity index (χ2v) is 5.91. The summed E-state index contributed by atoms with van der Waals surface area (Å²) in [5, 5.41) is 0. The Morgan fingerprint density at radius 2 is 1.90 bits per heavy atom. The Hall–Kier alpha value is -2.16. The largest absolute Gasteiger partial charge is 0.344 e. The maximum Gasteiger partial charge on any atom is 0.157 e. The molecule has 3 rings (SSSR count). The Kier molecular flexibility index (Phi) is 3.74. The van der Waals surface area contributed by atoms with Gasteiger partial charge in [-0.3, -0.25) is 0 Å². The van der Waals surface area contributed by atoms with Crippen molar-refractivity contribution in [1.29, 1.82) is 0 Å². The summed E-state index contributed by atoms with van der Waals surface area (Å²) in [6, 6.07) is 8.02. The summed E-state index contributed by atoms with van der Waals surface area (Å²) >= 11 is 0. The Bertz CT molecular complexity index is 794. The molecule has 2 heterocycles. The molecule has 2 aromatic heterocycles. The number of para-hydroxylation sites is 2. The number of nitrogens with one attached hydrogen (secondary N) is 1. The van der Waals surface area contributed by atoms with Crippen LogP contribution >= 0.6 is 0 Å². The van der Waals surface area contributed by atoms with Crippen molar-refractivity contribution < 1.29 is 0 Å². The molecular weight excluding hydrogens is 258 g/mol. The number of aromatic amines is 1. The normalized spacial score (nSPS) is 12.7. The van der Waals surface area contributed by atoms with Crippen molar-refractivity contribution in [3.8, 4) is 0 Å². The predicted octanol–water partition coefficient (Wildman–Crippen LogP) is 4.96. The summed E-state index contributed by atoms with van der Waals surface area (Å²) < 4.78 is 0. The fraction of sp³-hybridized carbons (Fsp3) is 0.333. The lowest BCUT2D eigenvalue weighted by atomic mass is 9.97. The van der Waals surface area contributed by atoms with Crippen LogP contribution in [0.1, 0.15) is 45.1 Å². The third-order valence-electron chi connectivity index (χ3n) is 3.89. The van der Waals surface area contributed by atoms with Crippen LogP contribution in [0.3, 0.4) is 0 Å².